The van der Waals surface area contributed by atoms with Crippen LogP contribution in [0.25, 0.3) is 0 Å². The monoisotopic (exact) mass is 172 g/mol. The molecule has 0 aliphatic carbocycles. The van der Waals surface area contributed by atoms with Gasteiger partial charge in [-0.3, -0.25) is 4.90 Å². The van der Waals surface area contributed by atoms with Gasteiger partial charge in [0, 0.05) is 19.1 Å². The first-order chi connectivity index (χ1) is 5.59. The molecule has 0 radical (unpaired) electrons. The summed E-state index contributed by atoms with van der Waals surface area (Å²) in [4.78, 5) is 4.59. The van der Waals surface area contributed by atoms with Crippen molar-refractivity contribution in [2.45, 2.75) is 25.5 Å². The lowest BCUT2D eigenvalue weighted by atomic mass is 10.2. The number of aliphatic hydroxyl groups is 1. The highest BCUT2D eigenvalue weighted by Crippen LogP contribution is 2.12. The number of β-amino-alcohol motifs (C(OH)–C–C–N with tert-alkyl or cyclic N) is 1. The maximum Gasteiger partial charge on any atom is 0.0639 e. The molecule has 0 amide bonds. The van der Waals surface area contributed by atoms with Crippen molar-refractivity contribution in [3.8, 4) is 0 Å². The second kappa shape index (κ2) is 4.21. The van der Waals surface area contributed by atoms with Gasteiger partial charge in [-0.05, 0) is 34.0 Å². The van der Waals surface area contributed by atoms with Gasteiger partial charge in [0.1, 0.15) is 0 Å². The van der Waals surface area contributed by atoms with E-state index in [1.165, 1.54) is 6.42 Å². The summed E-state index contributed by atoms with van der Waals surface area (Å²) in [5.41, 5.74) is 0. The predicted octanol–water partition coefficient (Wildman–Crippen LogP) is 0.00310. The SMILES string of the molecule is CC(O)CN1CCC(N(C)C)C1. The number of aliphatic hydroxyl groups excluding tert-OH is 1. The lowest BCUT2D eigenvalue weighted by molar-refractivity contribution is 0.136. The van der Waals surface area contributed by atoms with Crippen molar-refractivity contribution >= 4 is 0 Å². The topological polar surface area (TPSA) is 26.7 Å². The second-order valence-electron chi connectivity index (χ2n) is 4.01. The van der Waals surface area contributed by atoms with E-state index >= 15 is 0 Å². The molecule has 0 aromatic rings. The lowest BCUT2D eigenvalue weighted by Crippen LogP contribution is -2.34. The zero-order chi connectivity index (χ0) is 9.14. The molecular formula is C9H20N2O. The van der Waals surface area contributed by atoms with Crippen LogP contribution in [-0.2, 0) is 0 Å². The highest BCUT2D eigenvalue weighted by atomic mass is 16.3. The molecule has 1 saturated heterocycles. The quantitative estimate of drug-likeness (QED) is 0.649. The fraction of sp³-hybridized carbons (Fsp3) is 1.00. The van der Waals surface area contributed by atoms with Gasteiger partial charge in [-0.2, -0.15) is 0 Å². The van der Waals surface area contributed by atoms with Gasteiger partial charge in [-0.15, -0.1) is 0 Å². The molecule has 0 aromatic heterocycles. The Morgan fingerprint density at radius 2 is 2.25 bits per heavy atom. The molecule has 1 heterocycles. The van der Waals surface area contributed by atoms with E-state index in [1.54, 1.807) is 0 Å². The Kier molecular flexibility index (Phi) is 3.50. The van der Waals surface area contributed by atoms with Crippen LogP contribution in [0.2, 0.25) is 0 Å². The Hall–Kier alpha value is -0.120. The first-order valence-corrected chi connectivity index (χ1v) is 4.66. The first kappa shape index (κ1) is 9.96. The number of hydrogen-bond donors (Lipinski definition) is 1. The average Bonchev–Trinajstić information content (AvgIpc) is 2.34. The van der Waals surface area contributed by atoms with Gasteiger partial charge >= 0.3 is 0 Å². The summed E-state index contributed by atoms with van der Waals surface area (Å²) in [6, 6.07) is 0.684. The molecule has 1 fully saturated rings. The van der Waals surface area contributed by atoms with Gasteiger partial charge in [0.05, 0.1) is 6.10 Å². The van der Waals surface area contributed by atoms with Crippen molar-refractivity contribution in [2.75, 3.05) is 33.7 Å². The van der Waals surface area contributed by atoms with E-state index in [0.717, 1.165) is 19.6 Å². The van der Waals surface area contributed by atoms with Crippen LogP contribution < -0.4 is 0 Å². The fourth-order valence-corrected chi connectivity index (χ4v) is 1.77. The number of hydrogen-bond acceptors (Lipinski definition) is 3. The number of rotatable bonds is 3. The van der Waals surface area contributed by atoms with Crippen LogP contribution in [0.1, 0.15) is 13.3 Å². The summed E-state index contributed by atoms with van der Waals surface area (Å²) in [7, 11) is 4.24. The van der Waals surface area contributed by atoms with Gasteiger partial charge < -0.3 is 10.0 Å². The van der Waals surface area contributed by atoms with E-state index in [2.05, 4.69) is 23.9 Å². The Morgan fingerprint density at radius 3 is 2.67 bits per heavy atom. The van der Waals surface area contributed by atoms with Crippen LogP contribution in [0, 0.1) is 0 Å². The highest BCUT2D eigenvalue weighted by Gasteiger charge is 2.23. The summed E-state index contributed by atoms with van der Waals surface area (Å²) >= 11 is 0. The third-order valence-electron chi connectivity index (χ3n) is 2.50. The zero-order valence-electron chi connectivity index (χ0n) is 8.32. The lowest BCUT2D eigenvalue weighted by Gasteiger charge is -2.21. The van der Waals surface area contributed by atoms with Gasteiger partial charge in [-0.25, -0.2) is 0 Å². The maximum absolute atomic E-state index is 9.18. The average molecular weight is 172 g/mol. The van der Waals surface area contributed by atoms with Crippen LogP contribution in [0.4, 0.5) is 0 Å². The van der Waals surface area contributed by atoms with Crippen molar-refractivity contribution in [1.82, 2.24) is 9.80 Å². The summed E-state index contributed by atoms with van der Waals surface area (Å²) < 4.78 is 0. The Balaban J connectivity index is 2.26. The van der Waals surface area contributed by atoms with E-state index in [9.17, 15) is 5.11 Å². The van der Waals surface area contributed by atoms with Crippen LogP contribution in [0.15, 0.2) is 0 Å². The third-order valence-corrected chi connectivity index (χ3v) is 2.50. The number of likely N-dealkylation sites (N-methyl/N-ethyl adjacent to an activating group) is 1. The Bertz CT molecular complexity index is 136. The minimum Gasteiger partial charge on any atom is -0.392 e. The molecule has 1 N–H and O–H groups in total. The molecule has 0 aromatic carbocycles. The molecule has 3 heteroatoms. The van der Waals surface area contributed by atoms with Gasteiger partial charge in [0.15, 0.2) is 0 Å². The molecular weight excluding hydrogens is 152 g/mol. The second-order valence-corrected chi connectivity index (χ2v) is 4.01. The molecule has 0 spiro atoms. The summed E-state index contributed by atoms with van der Waals surface area (Å²) in [6.45, 7) is 4.92. The van der Waals surface area contributed by atoms with Gasteiger partial charge in [-0.1, -0.05) is 0 Å². The van der Waals surface area contributed by atoms with E-state index in [-0.39, 0.29) is 6.10 Å². The standard InChI is InChI=1S/C9H20N2O/c1-8(12)6-11-5-4-9(7-11)10(2)3/h8-9,12H,4-7H2,1-3H3. The number of likely N-dealkylation sites (tertiary alicyclic amines) is 1. The minimum atomic E-state index is -0.189. The summed E-state index contributed by atoms with van der Waals surface area (Å²) in [5.74, 6) is 0. The third kappa shape index (κ3) is 2.73. The van der Waals surface area contributed by atoms with Crippen molar-refractivity contribution in [1.29, 1.82) is 0 Å². The normalized spacial score (nSPS) is 28.2. The van der Waals surface area contributed by atoms with Crippen molar-refractivity contribution in [2.24, 2.45) is 0 Å². The molecule has 1 aliphatic rings. The summed E-state index contributed by atoms with van der Waals surface area (Å²) in [6.07, 6.45) is 1.05. The van der Waals surface area contributed by atoms with Crippen molar-refractivity contribution in [3.05, 3.63) is 0 Å². The van der Waals surface area contributed by atoms with Crippen LogP contribution >= 0.6 is 0 Å². The first-order valence-electron chi connectivity index (χ1n) is 4.66. The Morgan fingerprint density at radius 1 is 1.58 bits per heavy atom. The van der Waals surface area contributed by atoms with Gasteiger partial charge in [0.25, 0.3) is 0 Å². The van der Waals surface area contributed by atoms with Crippen LogP contribution in [-0.4, -0.2) is 60.8 Å². The number of nitrogens with zero attached hydrogens (tertiary/aromatic N) is 2. The summed E-state index contributed by atoms with van der Waals surface area (Å²) in [5, 5.41) is 9.18. The zero-order valence-corrected chi connectivity index (χ0v) is 8.32. The molecule has 1 aliphatic heterocycles. The minimum absolute atomic E-state index is 0.189. The smallest absolute Gasteiger partial charge is 0.0639 e. The van der Waals surface area contributed by atoms with E-state index in [4.69, 9.17) is 0 Å². The maximum atomic E-state index is 9.18. The van der Waals surface area contributed by atoms with Crippen molar-refractivity contribution < 1.29 is 5.11 Å². The molecule has 1 rings (SSSR count). The van der Waals surface area contributed by atoms with E-state index in [0.29, 0.717) is 6.04 Å². The largest absolute Gasteiger partial charge is 0.392 e. The molecule has 3 nitrogen and oxygen atoms in total. The molecule has 0 saturated carbocycles. The van der Waals surface area contributed by atoms with Crippen LogP contribution in [0.3, 0.4) is 0 Å². The van der Waals surface area contributed by atoms with Crippen LogP contribution in [0.5, 0.6) is 0 Å². The highest BCUT2D eigenvalue weighted by molar-refractivity contribution is 4.81. The van der Waals surface area contributed by atoms with E-state index in [1.807, 2.05) is 6.92 Å². The fourth-order valence-electron chi connectivity index (χ4n) is 1.77. The van der Waals surface area contributed by atoms with Gasteiger partial charge in [0.2, 0.25) is 0 Å². The Labute approximate surface area is 75.0 Å². The predicted molar refractivity (Wildman–Crippen MR) is 50.2 cm³/mol. The molecule has 2 atom stereocenters. The molecule has 2 unspecified atom stereocenters. The molecule has 12 heavy (non-hydrogen) atoms. The van der Waals surface area contributed by atoms with Crippen molar-refractivity contribution in [3.63, 3.8) is 0 Å². The molecule has 0 bridgehead atoms. The molecule has 72 valence electrons. The van der Waals surface area contributed by atoms with E-state index < -0.39 is 0 Å².